The third-order valence-electron chi connectivity index (χ3n) is 6.04. The average Bonchev–Trinajstić information content (AvgIpc) is 3.41. The maximum absolute atomic E-state index is 13.4. The fourth-order valence-corrected chi connectivity index (χ4v) is 4.44. The van der Waals surface area contributed by atoms with Crippen LogP contribution in [0.5, 0.6) is 11.5 Å². The first-order valence-corrected chi connectivity index (χ1v) is 10.8. The van der Waals surface area contributed by atoms with E-state index in [0.717, 1.165) is 25.7 Å². The second-order valence-corrected chi connectivity index (χ2v) is 8.00. The van der Waals surface area contributed by atoms with Gasteiger partial charge in [0.25, 0.3) is 5.91 Å². The van der Waals surface area contributed by atoms with Crippen molar-refractivity contribution in [3.8, 4) is 11.5 Å². The number of nitrogens with zero attached hydrogens (tertiary/aromatic N) is 2. The summed E-state index contributed by atoms with van der Waals surface area (Å²) in [5.74, 6) is 0.522. The van der Waals surface area contributed by atoms with Gasteiger partial charge in [0.05, 0.1) is 26.3 Å². The fourth-order valence-electron chi connectivity index (χ4n) is 4.44. The van der Waals surface area contributed by atoms with Crippen molar-refractivity contribution in [2.45, 2.75) is 44.2 Å². The summed E-state index contributed by atoms with van der Waals surface area (Å²) in [4.78, 5) is 42.3. The largest absolute Gasteiger partial charge is 0.497 e. The lowest BCUT2D eigenvalue weighted by Gasteiger charge is -2.27. The minimum absolute atomic E-state index is 0.0409. The molecule has 0 unspecified atom stereocenters. The summed E-state index contributed by atoms with van der Waals surface area (Å²) >= 11 is 0. The number of rotatable bonds is 7. The molecule has 8 nitrogen and oxygen atoms in total. The zero-order valence-corrected chi connectivity index (χ0v) is 18.2. The van der Waals surface area contributed by atoms with Crippen molar-refractivity contribution in [3.05, 3.63) is 48.5 Å². The van der Waals surface area contributed by atoms with E-state index in [9.17, 15) is 14.4 Å². The number of ether oxygens (including phenoxy) is 2. The van der Waals surface area contributed by atoms with Gasteiger partial charge in [-0.1, -0.05) is 18.9 Å². The molecule has 0 bridgehead atoms. The standard InChI is InChI=1S/C24H27N3O5/c1-31-19-12-10-16(11-13-19)25-22(28)15-21-23(29)27(18-8-5-9-20(14-18)32-2)24(30)26(21)17-6-3-4-7-17/h5,8-14,17,21H,3-4,6-7,15H2,1-2H3,(H,25,28)/t21-/m0/s1. The fraction of sp³-hybridized carbons (Fsp3) is 0.375. The van der Waals surface area contributed by atoms with Gasteiger partial charge in [-0.2, -0.15) is 0 Å². The first kappa shape index (κ1) is 21.7. The highest BCUT2D eigenvalue weighted by Gasteiger charge is 2.49. The van der Waals surface area contributed by atoms with Crippen molar-refractivity contribution in [2.24, 2.45) is 0 Å². The molecule has 168 valence electrons. The van der Waals surface area contributed by atoms with Crippen LogP contribution in [0.15, 0.2) is 48.5 Å². The number of urea groups is 1. The molecule has 1 aliphatic carbocycles. The molecule has 2 aromatic carbocycles. The molecular formula is C24H27N3O5. The zero-order valence-electron chi connectivity index (χ0n) is 18.2. The molecule has 2 aromatic rings. The van der Waals surface area contributed by atoms with Crippen LogP contribution in [0.25, 0.3) is 0 Å². The van der Waals surface area contributed by atoms with Gasteiger partial charge in [-0.15, -0.1) is 0 Å². The molecule has 4 rings (SSSR count). The van der Waals surface area contributed by atoms with E-state index < -0.39 is 6.04 Å². The van der Waals surface area contributed by atoms with Crippen molar-refractivity contribution in [3.63, 3.8) is 0 Å². The predicted molar refractivity (Wildman–Crippen MR) is 120 cm³/mol. The number of carbonyl (C=O) groups is 3. The van der Waals surface area contributed by atoms with Crippen molar-refractivity contribution < 1.29 is 23.9 Å². The predicted octanol–water partition coefficient (Wildman–Crippen LogP) is 3.81. The number of imide groups is 1. The van der Waals surface area contributed by atoms with Crippen molar-refractivity contribution >= 4 is 29.2 Å². The van der Waals surface area contributed by atoms with E-state index in [1.807, 2.05) is 0 Å². The smallest absolute Gasteiger partial charge is 0.332 e. The molecule has 1 atom stereocenters. The number of amides is 4. The molecule has 1 N–H and O–H groups in total. The molecule has 8 heteroatoms. The Kier molecular flexibility index (Phi) is 6.30. The molecular weight excluding hydrogens is 410 g/mol. The minimum Gasteiger partial charge on any atom is -0.497 e. The summed E-state index contributed by atoms with van der Waals surface area (Å²) < 4.78 is 10.4. The van der Waals surface area contributed by atoms with Crippen LogP contribution < -0.4 is 19.7 Å². The van der Waals surface area contributed by atoms with Gasteiger partial charge in [-0.3, -0.25) is 9.59 Å². The molecule has 1 heterocycles. The zero-order chi connectivity index (χ0) is 22.7. The highest BCUT2D eigenvalue weighted by atomic mass is 16.5. The van der Waals surface area contributed by atoms with Crippen LogP contribution in [0.1, 0.15) is 32.1 Å². The van der Waals surface area contributed by atoms with Crippen LogP contribution in [-0.4, -0.2) is 49.0 Å². The quantitative estimate of drug-likeness (QED) is 0.666. The lowest BCUT2D eigenvalue weighted by molar-refractivity contribution is -0.124. The van der Waals surface area contributed by atoms with Gasteiger partial charge >= 0.3 is 6.03 Å². The van der Waals surface area contributed by atoms with Gasteiger partial charge in [0, 0.05) is 17.8 Å². The Labute approximate surface area is 187 Å². The highest BCUT2D eigenvalue weighted by molar-refractivity contribution is 6.22. The summed E-state index contributed by atoms with van der Waals surface area (Å²) in [5.41, 5.74) is 1.05. The molecule has 0 radical (unpaired) electrons. The van der Waals surface area contributed by atoms with Gasteiger partial charge in [0.15, 0.2) is 0 Å². The molecule has 1 saturated carbocycles. The van der Waals surface area contributed by atoms with Crippen molar-refractivity contribution in [2.75, 3.05) is 24.4 Å². The Morgan fingerprint density at radius 1 is 1.00 bits per heavy atom. The normalized spacial score (nSPS) is 18.9. The Hall–Kier alpha value is -3.55. The van der Waals surface area contributed by atoms with Crippen LogP contribution >= 0.6 is 0 Å². The Morgan fingerprint density at radius 2 is 1.69 bits per heavy atom. The molecule has 32 heavy (non-hydrogen) atoms. The van der Waals surface area contributed by atoms with E-state index in [1.165, 1.54) is 12.0 Å². The summed E-state index contributed by atoms with van der Waals surface area (Å²) in [6, 6.07) is 12.5. The number of methoxy groups -OCH3 is 2. The summed E-state index contributed by atoms with van der Waals surface area (Å²) in [6.45, 7) is 0. The Balaban J connectivity index is 1.56. The lowest BCUT2D eigenvalue weighted by Crippen LogP contribution is -2.43. The molecule has 2 aliphatic rings. The van der Waals surface area contributed by atoms with E-state index in [2.05, 4.69) is 5.32 Å². The maximum atomic E-state index is 13.4. The number of hydrogen-bond acceptors (Lipinski definition) is 5. The maximum Gasteiger partial charge on any atom is 0.332 e. The van der Waals surface area contributed by atoms with Gasteiger partial charge in [0.1, 0.15) is 17.5 Å². The topological polar surface area (TPSA) is 88.2 Å². The SMILES string of the molecule is COc1ccc(NC(=O)C[C@H]2C(=O)N(c3cccc(OC)c3)C(=O)N2C2CCCC2)cc1. The first-order valence-electron chi connectivity index (χ1n) is 10.8. The Morgan fingerprint density at radius 3 is 2.34 bits per heavy atom. The molecule has 2 fully saturated rings. The second kappa shape index (κ2) is 9.30. The van der Waals surface area contributed by atoms with Crippen LogP contribution in [0.2, 0.25) is 0 Å². The molecule has 1 aliphatic heterocycles. The van der Waals surface area contributed by atoms with E-state index in [0.29, 0.717) is 22.9 Å². The van der Waals surface area contributed by atoms with Crippen LogP contribution in [0.3, 0.4) is 0 Å². The lowest BCUT2D eigenvalue weighted by atomic mass is 10.1. The molecule has 0 aromatic heterocycles. The van der Waals surface area contributed by atoms with Crippen LogP contribution in [0, 0.1) is 0 Å². The van der Waals surface area contributed by atoms with Gasteiger partial charge in [-0.25, -0.2) is 9.69 Å². The van der Waals surface area contributed by atoms with Crippen molar-refractivity contribution in [1.82, 2.24) is 4.90 Å². The summed E-state index contributed by atoms with van der Waals surface area (Å²) in [7, 11) is 3.10. The monoisotopic (exact) mass is 437 g/mol. The Bertz CT molecular complexity index is 1000. The molecule has 1 saturated heterocycles. The molecule has 4 amide bonds. The number of nitrogens with one attached hydrogen (secondary N) is 1. The van der Waals surface area contributed by atoms with Crippen molar-refractivity contribution in [1.29, 1.82) is 0 Å². The third kappa shape index (κ3) is 4.26. The van der Waals surface area contributed by atoms with Crippen LogP contribution in [-0.2, 0) is 9.59 Å². The van der Waals surface area contributed by atoms with Gasteiger partial charge in [0.2, 0.25) is 5.91 Å². The third-order valence-corrected chi connectivity index (χ3v) is 6.04. The van der Waals surface area contributed by atoms with Gasteiger partial charge in [-0.05, 0) is 49.2 Å². The van der Waals surface area contributed by atoms with E-state index in [-0.39, 0.29) is 30.3 Å². The van der Waals surface area contributed by atoms with Crippen LogP contribution in [0.4, 0.5) is 16.2 Å². The number of benzene rings is 2. The molecule has 0 spiro atoms. The van der Waals surface area contributed by atoms with E-state index in [1.54, 1.807) is 60.5 Å². The second-order valence-electron chi connectivity index (χ2n) is 8.00. The average molecular weight is 437 g/mol. The van der Waals surface area contributed by atoms with Gasteiger partial charge < -0.3 is 19.7 Å². The number of carbonyl (C=O) groups excluding carboxylic acids is 3. The number of hydrogen-bond donors (Lipinski definition) is 1. The first-order chi connectivity index (χ1) is 15.5. The summed E-state index contributed by atoms with van der Waals surface area (Å²) in [6.07, 6.45) is 3.58. The summed E-state index contributed by atoms with van der Waals surface area (Å²) in [5, 5.41) is 2.82. The van der Waals surface area contributed by atoms with E-state index >= 15 is 0 Å². The number of anilines is 2. The van der Waals surface area contributed by atoms with E-state index in [4.69, 9.17) is 9.47 Å². The minimum atomic E-state index is -0.838. The highest BCUT2D eigenvalue weighted by Crippen LogP contribution is 2.35.